The van der Waals surface area contributed by atoms with E-state index in [4.69, 9.17) is 4.74 Å². The SMILES string of the molecule is CCNc1cc(N2CC(C)OC(CO)C2)nc(C)n1. The summed E-state index contributed by atoms with van der Waals surface area (Å²) in [6.07, 6.45) is -0.0645. The average Bonchev–Trinajstić information content (AvgIpc) is 2.37. The molecule has 19 heavy (non-hydrogen) atoms. The smallest absolute Gasteiger partial charge is 0.134 e. The summed E-state index contributed by atoms with van der Waals surface area (Å²) in [5.41, 5.74) is 0. The van der Waals surface area contributed by atoms with Gasteiger partial charge >= 0.3 is 0 Å². The molecule has 2 rings (SSSR count). The normalized spacial score (nSPS) is 23.5. The Morgan fingerprint density at radius 2 is 2.26 bits per heavy atom. The van der Waals surface area contributed by atoms with Gasteiger partial charge in [0.15, 0.2) is 0 Å². The predicted octanol–water partition coefficient (Wildman–Crippen LogP) is 0.803. The van der Waals surface area contributed by atoms with Gasteiger partial charge in [-0.3, -0.25) is 0 Å². The number of aliphatic hydroxyl groups is 1. The number of aliphatic hydroxyl groups excluding tert-OH is 1. The van der Waals surface area contributed by atoms with Crippen molar-refractivity contribution >= 4 is 11.6 Å². The third-order valence-corrected chi connectivity index (χ3v) is 3.04. The maximum Gasteiger partial charge on any atom is 0.134 e. The molecule has 2 heterocycles. The van der Waals surface area contributed by atoms with Gasteiger partial charge in [-0.1, -0.05) is 0 Å². The van der Waals surface area contributed by atoms with E-state index in [1.54, 1.807) is 0 Å². The van der Waals surface area contributed by atoms with Gasteiger partial charge in [0.1, 0.15) is 17.5 Å². The summed E-state index contributed by atoms with van der Waals surface area (Å²) in [5, 5.41) is 12.5. The quantitative estimate of drug-likeness (QED) is 0.840. The lowest BCUT2D eigenvalue weighted by atomic mass is 10.2. The number of rotatable bonds is 4. The second kappa shape index (κ2) is 6.16. The maximum atomic E-state index is 9.27. The first-order valence-corrected chi connectivity index (χ1v) is 6.73. The molecule has 2 atom stereocenters. The molecule has 1 aliphatic rings. The number of ether oxygens (including phenoxy) is 1. The number of nitrogens with one attached hydrogen (secondary N) is 1. The molecule has 1 aromatic rings. The Kier molecular flexibility index (Phi) is 4.55. The standard InChI is InChI=1S/C13H22N4O2/c1-4-14-12-5-13(16-10(3)15-12)17-6-9(2)19-11(7-17)8-18/h5,9,11,18H,4,6-8H2,1-3H3,(H,14,15,16). The minimum atomic E-state index is -0.151. The van der Waals surface area contributed by atoms with Crippen LogP contribution in [0.4, 0.5) is 11.6 Å². The van der Waals surface area contributed by atoms with Crippen molar-refractivity contribution in [3.63, 3.8) is 0 Å². The van der Waals surface area contributed by atoms with Crippen molar-refractivity contribution in [2.24, 2.45) is 0 Å². The monoisotopic (exact) mass is 266 g/mol. The Bertz CT molecular complexity index is 427. The highest BCUT2D eigenvalue weighted by Gasteiger charge is 2.26. The summed E-state index contributed by atoms with van der Waals surface area (Å²) in [7, 11) is 0. The highest BCUT2D eigenvalue weighted by Crippen LogP contribution is 2.20. The number of nitrogens with zero attached hydrogens (tertiary/aromatic N) is 3. The molecule has 106 valence electrons. The molecule has 0 aliphatic carbocycles. The Labute approximate surface area is 113 Å². The number of hydrogen-bond acceptors (Lipinski definition) is 6. The summed E-state index contributed by atoms with van der Waals surface area (Å²) < 4.78 is 5.64. The van der Waals surface area contributed by atoms with Gasteiger partial charge in [0.25, 0.3) is 0 Å². The van der Waals surface area contributed by atoms with Crippen LogP contribution in [0.3, 0.4) is 0 Å². The van der Waals surface area contributed by atoms with Crippen LogP contribution in [0, 0.1) is 6.92 Å². The number of hydrogen-bond donors (Lipinski definition) is 2. The fourth-order valence-electron chi connectivity index (χ4n) is 2.32. The number of aromatic nitrogens is 2. The summed E-state index contributed by atoms with van der Waals surface area (Å²) in [4.78, 5) is 11.0. The van der Waals surface area contributed by atoms with Crippen LogP contribution in [0.15, 0.2) is 6.07 Å². The molecular formula is C13H22N4O2. The van der Waals surface area contributed by atoms with Gasteiger partial charge in [0.2, 0.25) is 0 Å². The summed E-state index contributed by atoms with van der Waals surface area (Å²) in [6, 6.07) is 1.95. The van der Waals surface area contributed by atoms with Crippen molar-refractivity contribution in [3.8, 4) is 0 Å². The van der Waals surface area contributed by atoms with Crippen LogP contribution in [0.1, 0.15) is 19.7 Å². The molecule has 6 heteroatoms. The van der Waals surface area contributed by atoms with Gasteiger partial charge in [0, 0.05) is 25.7 Å². The van der Waals surface area contributed by atoms with Gasteiger partial charge in [-0.05, 0) is 20.8 Å². The molecule has 0 radical (unpaired) electrons. The molecule has 1 fully saturated rings. The molecule has 0 amide bonds. The Morgan fingerprint density at radius 1 is 1.47 bits per heavy atom. The van der Waals surface area contributed by atoms with Crippen molar-refractivity contribution < 1.29 is 9.84 Å². The zero-order valence-electron chi connectivity index (χ0n) is 11.8. The molecule has 1 aromatic heterocycles. The van der Waals surface area contributed by atoms with Crippen LogP contribution in [0.25, 0.3) is 0 Å². The number of anilines is 2. The minimum absolute atomic E-state index is 0.0327. The second-order valence-electron chi connectivity index (χ2n) is 4.85. The van der Waals surface area contributed by atoms with E-state index in [2.05, 4.69) is 20.2 Å². The lowest BCUT2D eigenvalue weighted by molar-refractivity contribution is -0.0423. The van der Waals surface area contributed by atoms with Crippen molar-refractivity contribution in [2.45, 2.75) is 33.0 Å². The number of aryl methyl sites for hydroxylation is 1. The average molecular weight is 266 g/mol. The molecule has 0 bridgehead atoms. The minimum Gasteiger partial charge on any atom is -0.394 e. The van der Waals surface area contributed by atoms with Crippen molar-refractivity contribution in [2.75, 3.05) is 36.5 Å². The van der Waals surface area contributed by atoms with Crippen LogP contribution < -0.4 is 10.2 Å². The molecule has 0 spiro atoms. The van der Waals surface area contributed by atoms with E-state index in [1.165, 1.54) is 0 Å². The van der Waals surface area contributed by atoms with Gasteiger partial charge in [0.05, 0.1) is 18.8 Å². The third-order valence-electron chi connectivity index (χ3n) is 3.04. The Hall–Kier alpha value is -1.40. The van der Waals surface area contributed by atoms with Crippen LogP contribution in [-0.4, -0.2) is 53.5 Å². The molecule has 1 aliphatic heterocycles. The zero-order valence-corrected chi connectivity index (χ0v) is 11.8. The van der Waals surface area contributed by atoms with Gasteiger partial charge in [-0.25, -0.2) is 9.97 Å². The van der Waals surface area contributed by atoms with E-state index in [1.807, 2.05) is 26.8 Å². The Morgan fingerprint density at radius 3 is 2.95 bits per heavy atom. The van der Waals surface area contributed by atoms with Crippen molar-refractivity contribution in [1.82, 2.24) is 9.97 Å². The Balaban J connectivity index is 2.20. The van der Waals surface area contributed by atoms with E-state index in [9.17, 15) is 5.11 Å². The van der Waals surface area contributed by atoms with E-state index >= 15 is 0 Å². The zero-order chi connectivity index (χ0) is 13.8. The van der Waals surface area contributed by atoms with Crippen LogP contribution in [0.5, 0.6) is 0 Å². The van der Waals surface area contributed by atoms with E-state index in [0.29, 0.717) is 6.54 Å². The van der Waals surface area contributed by atoms with E-state index in [-0.39, 0.29) is 18.8 Å². The molecule has 2 unspecified atom stereocenters. The lowest BCUT2D eigenvalue weighted by Gasteiger charge is -2.36. The molecule has 0 aromatic carbocycles. The fraction of sp³-hybridized carbons (Fsp3) is 0.692. The summed E-state index contributed by atoms with van der Waals surface area (Å²) in [6.45, 7) is 8.22. The van der Waals surface area contributed by atoms with Crippen molar-refractivity contribution in [1.29, 1.82) is 0 Å². The maximum absolute atomic E-state index is 9.27. The first-order chi connectivity index (χ1) is 9.12. The first-order valence-electron chi connectivity index (χ1n) is 6.73. The first kappa shape index (κ1) is 14.0. The molecule has 0 saturated carbocycles. The summed E-state index contributed by atoms with van der Waals surface area (Å²) >= 11 is 0. The van der Waals surface area contributed by atoms with E-state index < -0.39 is 0 Å². The second-order valence-corrected chi connectivity index (χ2v) is 4.85. The van der Waals surface area contributed by atoms with Crippen LogP contribution in [-0.2, 0) is 4.74 Å². The van der Waals surface area contributed by atoms with Gasteiger partial charge in [-0.2, -0.15) is 0 Å². The van der Waals surface area contributed by atoms with Crippen LogP contribution >= 0.6 is 0 Å². The fourth-order valence-corrected chi connectivity index (χ4v) is 2.32. The topological polar surface area (TPSA) is 70.5 Å². The van der Waals surface area contributed by atoms with Crippen LogP contribution in [0.2, 0.25) is 0 Å². The predicted molar refractivity (Wildman–Crippen MR) is 74.6 cm³/mol. The molecular weight excluding hydrogens is 244 g/mol. The highest BCUT2D eigenvalue weighted by atomic mass is 16.5. The van der Waals surface area contributed by atoms with Gasteiger partial charge < -0.3 is 20.1 Å². The molecule has 6 nitrogen and oxygen atoms in total. The summed E-state index contributed by atoms with van der Waals surface area (Å²) in [5.74, 6) is 2.47. The van der Waals surface area contributed by atoms with Gasteiger partial charge in [-0.15, -0.1) is 0 Å². The van der Waals surface area contributed by atoms with E-state index in [0.717, 1.165) is 30.5 Å². The van der Waals surface area contributed by atoms with Crippen molar-refractivity contribution in [3.05, 3.63) is 11.9 Å². The third kappa shape index (κ3) is 3.54. The molecule has 2 N–H and O–H groups in total. The largest absolute Gasteiger partial charge is 0.394 e. The highest BCUT2D eigenvalue weighted by molar-refractivity contribution is 5.49. The molecule has 1 saturated heterocycles. The lowest BCUT2D eigenvalue weighted by Crippen LogP contribution is -2.48. The number of morpholine rings is 1.